The van der Waals surface area contributed by atoms with Gasteiger partial charge in [-0.25, -0.2) is 0 Å². The molecular weight excluding hydrogens is 378 g/mol. The third-order valence-electron chi connectivity index (χ3n) is 3.41. The number of nitrogens with one attached hydrogen (secondary N) is 1. The van der Waals surface area contributed by atoms with Crippen molar-refractivity contribution in [3.63, 3.8) is 0 Å². The molecular formula is C18H13BrClNO2. The predicted molar refractivity (Wildman–Crippen MR) is 96.0 cm³/mol. The first-order valence-corrected chi connectivity index (χ1v) is 8.14. The number of para-hydroxylation sites is 1. The molecule has 0 fully saturated rings. The van der Waals surface area contributed by atoms with E-state index in [2.05, 4.69) is 21.2 Å². The van der Waals surface area contributed by atoms with Gasteiger partial charge in [-0.3, -0.25) is 4.79 Å². The highest BCUT2D eigenvalue weighted by Crippen LogP contribution is 2.28. The van der Waals surface area contributed by atoms with E-state index in [0.717, 1.165) is 10.0 Å². The van der Waals surface area contributed by atoms with Gasteiger partial charge in [0.1, 0.15) is 11.5 Å². The topological polar surface area (TPSA) is 42.2 Å². The Labute approximate surface area is 147 Å². The van der Waals surface area contributed by atoms with Crippen LogP contribution in [-0.4, -0.2) is 5.91 Å². The maximum absolute atomic E-state index is 12.4. The molecule has 1 aromatic heterocycles. The molecule has 0 atom stereocenters. The first-order valence-electron chi connectivity index (χ1n) is 6.97. The molecule has 0 unspecified atom stereocenters. The summed E-state index contributed by atoms with van der Waals surface area (Å²) in [5.74, 6) is 0.967. The number of carbonyl (C=O) groups is 1. The molecule has 23 heavy (non-hydrogen) atoms. The summed E-state index contributed by atoms with van der Waals surface area (Å²) in [6.45, 7) is 1.77. The second-order valence-corrected chi connectivity index (χ2v) is 6.34. The second kappa shape index (κ2) is 6.60. The first-order chi connectivity index (χ1) is 11.0. The number of benzene rings is 2. The van der Waals surface area contributed by atoms with Gasteiger partial charge in [0.2, 0.25) is 0 Å². The zero-order valence-electron chi connectivity index (χ0n) is 12.3. The molecule has 0 aliphatic rings. The molecule has 0 bridgehead atoms. The van der Waals surface area contributed by atoms with Crippen LogP contribution in [0.15, 0.2) is 63.5 Å². The number of halogens is 2. The number of hydrogen-bond acceptors (Lipinski definition) is 2. The van der Waals surface area contributed by atoms with Crippen molar-refractivity contribution in [2.75, 3.05) is 5.32 Å². The van der Waals surface area contributed by atoms with Gasteiger partial charge in [0, 0.05) is 10.0 Å². The Morgan fingerprint density at radius 2 is 1.83 bits per heavy atom. The van der Waals surface area contributed by atoms with Gasteiger partial charge in [-0.05, 0) is 37.3 Å². The number of rotatable bonds is 3. The maximum atomic E-state index is 12.4. The van der Waals surface area contributed by atoms with E-state index in [4.69, 9.17) is 16.0 Å². The van der Waals surface area contributed by atoms with Crippen molar-refractivity contribution >= 4 is 39.1 Å². The van der Waals surface area contributed by atoms with Crippen molar-refractivity contribution in [1.29, 1.82) is 0 Å². The van der Waals surface area contributed by atoms with Gasteiger partial charge in [-0.15, -0.1) is 0 Å². The quantitative estimate of drug-likeness (QED) is 0.603. The Kier molecular flexibility index (Phi) is 4.55. The molecule has 116 valence electrons. The summed E-state index contributed by atoms with van der Waals surface area (Å²) in [6.07, 6.45) is 0. The van der Waals surface area contributed by atoms with Gasteiger partial charge in [-0.1, -0.05) is 51.8 Å². The highest BCUT2D eigenvalue weighted by molar-refractivity contribution is 9.10. The average molecular weight is 391 g/mol. The summed E-state index contributed by atoms with van der Waals surface area (Å²) in [5, 5.41) is 3.30. The Balaban J connectivity index is 1.87. The molecule has 5 heteroatoms. The minimum absolute atomic E-state index is 0.247. The number of carbonyl (C=O) groups excluding carboxylic acids is 1. The van der Waals surface area contributed by atoms with Crippen LogP contribution in [0.5, 0.6) is 0 Å². The standard InChI is InChI=1S/C18H13BrClNO2/c1-11-14(18(22)21-16-5-3-2-4-15(16)20)10-17(23-11)12-6-8-13(19)9-7-12/h2-10H,1H3,(H,21,22). The molecule has 3 aromatic rings. The molecule has 1 heterocycles. The van der Waals surface area contributed by atoms with E-state index in [1.54, 1.807) is 25.1 Å². The van der Waals surface area contributed by atoms with Gasteiger partial charge in [0.15, 0.2) is 0 Å². The van der Waals surface area contributed by atoms with Crippen molar-refractivity contribution in [3.8, 4) is 11.3 Å². The molecule has 3 nitrogen and oxygen atoms in total. The van der Waals surface area contributed by atoms with E-state index in [1.165, 1.54) is 0 Å². The Morgan fingerprint density at radius 3 is 2.52 bits per heavy atom. The van der Waals surface area contributed by atoms with Gasteiger partial charge >= 0.3 is 0 Å². The van der Waals surface area contributed by atoms with E-state index >= 15 is 0 Å². The molecule has 1 N–H and O–H groups in total. The van der Waals surface area contributed by atoms with E-state index in [9.17, 15) is 4.79 Å². The molecule has 0 saturated heterocycles. The summed E-state index contributed by atoms with van der Waals surface area (Å²) >= 11 is 9.47. The van der Waals surface area contributed by atoms with Crippen LogP contribution in [-0.2, 0) is 0 Å². The molecule has 0 aliphatic carbocycles. The van der Waals surface area contributed by atoms with Crippen LogP contribution in [0.3, 0.4) is 0 Å². The van der Waals surface area contributed by atoms with Crippen molar-refractivity contribution in [2.24, 2.45) is 0 Å². The Hall–Kier alpha value is -2.04. The van der Waals surface area contributed by atoms with Crippen molar-refractivity contribution in [2.45, 2.75) is 6.92 Å². The maximum Gasteiger partial charge on any atom is 0.259 e. The fourth-order valence-corrected chi connectivity index (χ4v) is 2.66. The Bertz CT molecular complexity index is 856. The summed E-state index contributed by atoms with van der Waals surface area (Å²) < 4.78 is 6.71. The third-order valence-corrected chi connectivity index (χ3v) is 4.27. The van der Waals surface area contributed by atoms with Crippen LogP contribution in [0.1, 0.15) is 16.1 Å². The molecule has 1 amide bonds. The minimum Gasteiger partial charge on any atom is -0.461 e. The highest BCUT2D eigenvalue weighted by atomic mass is 79.9. The van der Waals surface area contributed by atoms with Crippen LogP contribution in [0.4, 0.5) is 5.69 Å². The lowest BCUT2D eigenvalue weighted by Crippen LogP contribution is -2.12. The summed E-state index contributed by atoms with van der Waals surface area (Å²) in [5.41, 5.74) is 1.97. The molecule has 0 aliphatic heterocycles. The molecule has 0 radical (unpaired) electrons. The Morgan fingerprint density at radius 1 is 1.13 bits per heavy atom. The third kappa shape index (κ3) is 3.49. The van der Waals surface area contributed by atoms with Crippen LogP contribution >= 0.6 is 27.5 Å². The van der Waals surface area contributed by atoms with Gasteiger partial charge in [-0.2, -0.15) is 0 Å². The van der Waals surface area contributed by atoms with Crippen molar-refractivity contribution in [1.82, 2.24) is 0 Å². The SMILES string of the molecule is Cc1oc(-c2ccc(Br)cc2)cc1C(=O)Nc1ccccc1Cl. The lowest BCUT2D eigenvalue weighted by atomic mass is 10.1. The number of aryl methyl sites for hydroxylation is 1. The van der Waals surface area contributed by atoms with E-state index in [0.29, 0.717) is 27.8 Å². The van der Waals surface area contributed by atoms with Crippen LogP contribution in [0.25, 0.3) is 11.3 Å². The lowest BCUT2D eigenvalue weighted by molar-refractivity contribution is 0.102. The number of anilines is 1. The molecule has 0 saturated carbocycles. The van der Waals surface area contributed by atoms with E-state index in [-0.39, 0.29) is 5.91 Å². The van der Waals surface area contributed by atoms with E-state index < -0.39 is 0 Å². The molecule has 2 aromatic carbocycles. The normalized spacial score (nSPS) is 10.6. The minimum atomic E-state index is -0.247. The smallest absolute Gasteiger partial charge is 0.259 e. The summed E-state index contributed by atoms with van der Waals surface area (Å²) in [6, 6.07) is 16.6. The lowest BCUT2D eigenvalue weighted by Gasteiger charge is -2.05. The van der Waals surface area contributed by atoms with Crippen molar-refractivity contribution < 1.29 is 9.21 Å². The average Bonchev–Trinajstić information content (AvgIpc) is 2.92. The largest absolute Gasteiger partial charge is 0.461 e. The second-order valence-electron chi connectivity index (χ2n) is 5.02. The summed E-state index contributed by atoms with van der Waals surface area (Å²) in [7, 11) is 0. The first kappa shape index (κ1) is 15.8. The van der Waals surface area contributed by atoms with E-state index in [1.807, 2.05) is 36.4 Å². The zero-order chi connectivity index (χ0) is 16.4. The highest BCUT2D eigenvalue weighted by Gasteiger charge is 2.17. The number of furan rings is 1. The number of hydrogen-bond donors (Lipinski definition) is 1. The van der Waals surface area contributed by atoms with Crippen LogP contribution < -0.4 is 5.32 Å². The fraction of sp³-hybridized carbons (Fsp3) is 0.0556. The van der Waals surface area contributed by atoms with Crippen LogP contribution in [0, 0.1) is 6.92 Å². The molecule has 3 rings (SSSR count). The van der Waals surface area contributed by atoms with Crippen LogP contribution in [0.2, 0.25) is 5.02 Å². The fourth-order valence-electron chi connectivity index (χ4n) is 2.22. The monoisotopic (exact) mass is 389 g/mol. The molecule has 0 spiro atoms. The van der Waals surface area contributed by atoms with Crippen molar-refractivity contribution in [3.05, 3.63) is 75.4 Å². The number of amides is 1. The van der Waals surface area contributed by atoms with Gasteiger partial charge < -0.3 is 9.73 Å². The summed E-state index contributed by atoms with van der Waals surface area (Å²) in [4.78, 5) is 12.4. The zero-order valence-corrected chi connectivity index (χ0v) is 14.6. The predicted octanol–water partition coefficient (Wildman–Crippen LogP) is 5.92. The van der Waals surface area contributed by atoms with Gasteiger partial charge in [0.25, 0.3) is 5.91 Å². The van der Waals surface area contributed by atoms with Gasteiger partial charge in [0.05, 0.1) is 16.3 Å².